The zero-order valence-corrected chi connectivity index (χ0v) is 24.0. The van der Waals surface area contributed by atoms with E-state index in [4.69, 9.17) is 33.3 Å². The molecule has 0 bridgehead atoms. The van der Waals surface area contributed by atoms with Crippen molar-refractivity contribution in [3.63, 3.8) is 0 Å². The fraction of sp³-hybridized carbons (Fsp3) is 0.0909. The van der Waals surface area contributed by atoms with Crippen LogP contribution in [-0.2, 0) is 17.5 Å². The first kappa shape index (κ1) is 29.9. The second-order valence-electron chi connectivity index (χ2n) is 9.71. The lowest BCUT2D eigenvalue weighted by atomic mass is 10.0. The van der Waals surface area contributed by atoms with Crippen LogP contribution in [0.5, 0.6) is 0 Å². The maximum absolute atomic E-state index is 12.9. The van der Waals surface area contributed by atoms with Gasteiger partial charge in [0.2, 0.25) is 0 Å². The average Bonchev–Trinajstić information content (AvgIpc) is 3.37. The van der Waals surface area contributed by atoms with Gasteiger partial charge in [0, 0.05) is 29.0 Å². The third-order valence-electron chi connectivity index (χ3n) is 6.65. The molecule has 0 aliphatic heterocycles. The number of carbonyl (C=O) groups is 1. The summed E-state index contributed by atoms with van der Waals surface area (Å²) in [6, 6.07) is 25.2. The molecule has 5 nitrogen and oxygen atoms in total. The fourth-order valence-corrected chi connectivity index (χ4v) is 4.93. The highest BCUT2D eigenvalue weighted by atomic mass is 35.5. The maximum Gasteiger partial charge on any atom is 0.416 e. The normalized spacial score (nSPS) is 11.7. The fourth-order valence-electron chi connectivity index (χ4n) is 4.43. The van der Waals surface area contributed by atoms with Crippen LogP contribution in [0.1, 0.15) is 22.5 Å². The number of halogens is 5. The van der Waals surface area contributed by atoms with E-state index in [9.17, 15) is 18.0 Å². The summed E-state index contributed by atoms with van der Waals surface area (Å²) in [4.78, 5) is 15.7. The van der Waals surface area contributed by atoms with E-state index in [-0.39, 0.29) is 6.54 Å². The van der Waals surface area contributed by atoms with E-state index in [2.05, 4.69) is 5.32 Å². The first-order valence-electron chi connectivity index (χ1n) is 13.1. The van der Waals surface area contributed by atoms with Crippen LogP contribution in [0, 0.1) is 0 Å². The lowest BCUT2D eigenvalue weighted by Crippen LogP contribution is -2.12. The molecule has 0 spiro atoms. The number of rotatable bonds is 9. The molecule has 0 aliphatic rings. The van der Waals surface area contributed by atoms with Gasteiger partial charge in [0.15, 0.2) is 0 Å². The Labute approximate surface area is 255 Å². The highest BCUT2D eigenvalue weighted by Crippen LogP contribution is 2.32. The van der Waals surface area contributed by atoms with Gasteiger partial charge in [-0.2, -0.15) is 13.2 Å². The molecule has 0 unspecified atom stereocenters. The molecule has 0 saturated heterocycles. The van der Waals surface area contributed by atoms with Crippen LogP contribution in [-0.4, -0.2) is 27.2 Å². The first-order valence-corrected chi connectivity index (χ1v) is 13.8. The van der Waals surface area contributed by atoms with E-state index in [0.29, 0.717) is 39.4 Å². The predicted molar refractivity (Wildman–Crippen MR) is 165 cm³/mol. The second kappa shape index (κ2) is 12.8. The number of nitrogens with one attached hydrogen (secondary N) is 1. The number of alkyl halides is 3. The molecular formula is C33H24Cl2F3N3O2. The summed E-state index contributed by atoms with van der Waals surface area (Å²) >= 11 is 12.6. The minimum Gasteiger partial charge on any atom is -0.480 e. The summed E-state index contributed by atoms with van der Waals surface area (Å²) in [5.74, 6) is -0.276. The van der Waals surface area contributed by atoms with Crippen molar-refractivity contribution in [3.8, 4) is 22.4 Å². The zero-order chi connectivity index (χ0) is 30.6. The number of aromatic nitrogens is 2. The van der Waals surface area contributed by atoms with Crippen LogP contribution in [0.4, 0.5) is 18.9 Å². The lowest BCUT2D eigenvalue weighted by molar-refractivity contribution is -0.137. The summed E-state index contributed by atoms with van der Waals surface area (Å²) < 4.78 is 40.7. The standard InChI is InChI=1S/C33H24Cl2F3N3O2/c34-26-12-15-28(29(35)17-26)30-20-41(19-22-3-13-27(14-4-22)39-18-32(42)43)31(40-30)16-5-21-1-6-23(7-2-21)24-8-10-25(11-9-24)33(36,37)38/h1-17,20,39H,18-19H2,(H,42,43)/b16-5+. The Morgan fingerprint density at radius 2 is 1.53 bits per heavy atom. The van der Waals surface area contributed by atoms with E-state index in [1.165, 1.54) is 12.1 Å². The predicted octanol–water partition coefficient (Wildman–Crippen LogP) is 9.26. The molecule has 2 N–H and O–H groups in total. The average molecular weight is 622 g/mol. The molecule has 10 heteroatoms. The number of hydrogen-bond donors (Lipinski definition) is 2. The van der Waals surface area contributed by atoms with Crippen molar-refractivity contribution >= 4 is 47.0 Å². The molecular weight excluding hydrogens is 598 g/mol. The Bertz CT molecular complexity index is 1760. The van der Waals surface area contributed by atoms with Crippen LogP contribution >= 0.6 is 23.2 Å². The Hall–Kier alpha value is -4.53. The highest BCUT2D eigenvalue weighted by molar-refractivity contribution is 6.36. The Balaban J connectivity index is 1.39. The van der Waals surface area contributed by atoms with Gasteiger partial charge in [0.05, 0.1) is 16.3 Å². The number of carboxylic acids is 1. The molecule has 0 saturated carbocycles. The SMILES string of the molecule is O=C(O)CNc1ccc(Cn2cc(-c3ccc(Cl)cc3Cl)nc2/C=C/c2ccc(-c3ccc(C(F)(F)F)cc3)cc2)cc1. The summed E-state index contributed by atoms with van der Waals surface area (Å²) in [6.07, 6.45) is 1.31. The van der Waals surface area contributed by atoms with Crippen molar-refractivity contribution in [3.05, 3.63) is 130 Å². The van der Waals surface area contributed by atoms with Gasteiger partial charge in [0.25, 0.3) is 0 Å². The molecule has 43 heavy (non-hydrogen) atoms. The van der Waals surface area contributed by atoms with Gasteiger partial charge in [0.1, 0.15) is 12.4 Å². The molecule has 4 aromatic carbocycles. The van der Waals surface area contributed by atoms with Crippen molar-refractivity contribution in [1.29, 1.82) is 0 Å². The number of hydrogen-bond acceptors (Lipinski definition) is 3. The minimum atomic E-state index is -4.37. The molecule has 5 aromatic rings. The largest absolute Gasteiger partial charge is 0.480 e. The van der Waals surface area contributed by atoms with Crippen LogP contribution in [0.2, 0.25) is 10.0 Å². The Morgan fingerprint density at radius 3 is 2.14 bits per heavy atom. The number of imidazole rings is 1. The van der Waals surface area contributed by atoms with Crippen molar-refractivity contribution in [1.82, 2.24) is 9.55 Å². The van der Waals surface area contributed by atoms with Gasteiger partial charge in [-0.1, -0.05) is 77.8 Å². The first-order chi connectivity index (χ1) is 20.5. The van der Waals surface area contributed by atoms with Gasteiger partial charge in [-0.3, -0.25) is 4.79 Å². The molecule has 5 rings (SSSR count). The van der Waals surface area contributed by atoms with Gasteiger partial charge in [-0.15, -0.1) is 0 Å². The van der Waals surface area contributed by atoms with Crippen LogP contribution < -0.4 is 5.32 Å². The van der Waals surface area contributed by atoms with Crippen molar-refractivity contribution in [2.24, 2.45) is 0 Å². The van der Waals surface area contributed by atoms with E-state index < -0.39 is 17.7 Å². The third-order valence-corrected chi connectivity index (χ3v) is 7.19. The van der Waals surface area contributed by atoms with E-state index >= 15 is 0 Å². The molecule has 0 aliphatic carbocycles. The molecule has 0 atom stereocenters. The number of anilines is 1. The number of aliphatic carboxylic acids is 1. The van der Waals surface area contributed by atoms with Gasteiger partial charge < -0.3 is 15.0 Å². The highest BCUT2D eigenvalue weighted by Gasteiger charge is 2.29. The summed E-state index contributed by atoms with van der Waals surface area (Å²) in [6.45, 7) is 0.316. The number of benzene rings is 4. The van der Waals surface area contributed by atoms with Crippen LogP contribution in [0.15, 0.2) is 97.2 Å². The Morgan fingerprint density at radius 1 is 0.884 bits per heavy atom. The van der Waals surface area contributed by atoms with E-state index in [1.807, 2.05) is 77.5 Å². The van der Waals surface area contributed by atoms with Crippen molar-refractivity contribution in [2.45, 2.75) is 12.7 Å². The summed E-state index contributed by atoms with van der Waals surface area (Å²) in [7, 11) is 0. The quantitative estimate of drug-likeness (QED) is 0.172. The molecule has 218 valence electrons. The zero-order valence-electron chi connectivity index (χ0n) is 22.4. The molecule has 0 amide bonds. The number of carboxylic acid groups (broad SMARTS) is 1. The summed E-state index contributed by atoms with van der Waals surface area (Å²) in [5.41, 5.74) is 4.75. The van der Waals surface area contributed by atoms with Crippen LogP contribution in [0.3, 0.4) is 0 Å². The van der Waals surface area contributed by atoms with Gasteiger partial charge in [-0.05, 0) is 70.8 Å². The molecule has 1 heterocycles. The Kier molecular flexibility index (Phi) is 8.89. The van der Waals surface area contributed by atoms with Crippen LogP contribution in [0.25, 0.3) is 34.5 Å². The number of nitrogens with zero attached hydrogens (tertiary/aromatic N) is 2. The van der Waals surface area contributed by atoms with E-state index in [0.717, 1.165) is 34.4 Å². The van der Waals surface area contributed by atoms with Crippen molar-refractivity contribution in [2.75, 3.05) is 11.9 Å². The molecule has 0 radical (unpaired) electrons. The van der Waals surface area contributed by atoms with Crippen molar-refractivity contribution < 1.29 is 23.1 Å². The third kappa shape index (κ3) is 7.66. The van der Waals surface area contributed by atoms with Gasteiger partial charge in [-0.25, -0.2) is 4.98 Å². The minimum absolute atomic E-state index is 0.174. The smallest absolute Gasteiger partial charge is 0.416 e. The topological polar surface area (TPSA) is 67.2 Å². The van der Waals surface area contributed by atoms with E-state index in [1.54, 1.807) is 12.1 Å². The monoisotopic (exact) mass is 621 g/mol. The molecule has 1 aromatic heterocycles. The van der Waals surface area contributed by atoms with Gasteiger partial charge >= 0.3 is 12.1 Å². The maximum atomic E-state index is 12.9. The summed E-state index contributed by atoms with van der Waals surface area (Å²) in [5, 5.41) is 12.7. The second-order valence-corrected chi connectivity index (χ2v) is 10.6. The molecule has 0 fully saturated rings. The lowest BCUT2D eigenvalue weighted by Gasteiger charge is -2.08.